The van der Waals surface area contributed by atoms with Crippen LogP contribution in [0.25, 0.3) is 11.1 Å². The number of aliphatic hydroxyl groups is 1. The molecule has 2 aromatic carbocycles. The lowest BCUT2D eigenvalue weighted by molar-refractivity contribution is 0.270. The van der Waals surface area contributed by atoms with E-state index in [1.807, 2.05) is 0 Å². The SMILES string of the molecule is CC(CO)c1cc(-c2ccc(F)cc2)ccc1F. The van der Waals surface area contributed by atoms with Gasteiger partial charge in [0.05, 0.1) is 0 Å². The van der Waals surface area contributed by atoms with Crippen LogP contribution in [0.5, 0.6) is 0 Å². The lowest BCUT2D eigenvalue weighted by atomic mass is 9.96. The molecule has 0 saturated heterocycles. The number of hydrogen-bond donors (Lipinski definition) is 1. The van der Waals surface area contributed by atoms with E-state index in [0.29, 0.717) is 5.56 Å². The van der Waals surface area contributed by atoms with Gasteiger partial charge in [-0.05, 0) is 41.0 Å². The van der Waals surface area contributed by atoms with E-state index in [9.17, 15) is 8.78 Å². The van der Waals surface area contributed by atoms with Crippen molar-refractivity contribution in [2.24, 2.45) is 0 Å². The molecule has 2 rings (SSSR count). The number of benzene rings is 2. The van der Waals surface area contributed by atoms with Crippen LogP contribution in [0.1, 0.15) is 18.4 Å². The minimum absolute atomic E-state index is 0.107. The van der Waals surface area contributed by atoms with Gasteiger partial charge in [-0.1, -0.05) is 25.1 Å². The molecule has 1 unspecified atom stereocenters. The van der Waals surface area contributed by atoms with E-state index in [1.165, 1.54) is 18.2 Å². The van der Waals surface area contributed by atoms with Gasteiger partial charge in [-0.15, -0.1) is 0 Å². The normalized spacial score (nSPS) is 12.4. The first-order valence-electron chi connectivity index (χ1n) is 5.78. The highest BCUT2D eigenvalue weighted by Crippen LogP contribution is 2.26. The van der Waals surface area contributed by atoms with Crippen LogP contribution >= 0.6 is 0 Å². The van der Waals surface area contributed by atoms with Crippen molar-refractivity contribution in [1.29, 1.82) is 0 Å². The van der Waals surface area contributed by atoms with E-state index < -0.39 is 0 Å². The summed E-state index contributed by atoms with van der Waals surface area (Å²) in [6.07, 6.45) is 0. The molecule has 0 aliphatic carbocycles. The third-order valence-electron chi connectivity index (χ3n) is 2.98. The quantitative estimate of drug-likeness (QED) is 0.877. The molecule has 0 radical (unpaired) electrons. The summed E-state index contributed by atoms with van der Waals surface area (Å²) >= 11 is 0. The van der Waals surface area contributed by atoms with Crippen LogP contribution in [0.2, 0.25) is 0 Å². The number of rotatable bonds is 3. The fourth-order valence-corrected chi connectivity index (χ4v) is 1.84. The van der Waals surface area contributed by atoms with Gasteiger partial charge in [0.25, 0.3) is 0 Å². The fraction of sp³-hybridized carbons (Fsp3) is 0.200. The first kappa shape index (κ1) is 12.7. The summed E-state index contributed by atoms with van der Waals surface area (Å²) in [5.41, 5.74) is 2.11. The fourth-order valence-electron chi connectivity index (χ4n) is 1.84. The summed E-state index contributed by atoms with van der Waals surface area (Å²) in [7, 11) is 0. The van der Waals surface area contributed by atoms with Crippen molar-refractivity contribution < 1.29 is 13.9 Å². The largest absolute Gasteiger partial charge is 0.396 e. The molecule has 0 saturated carbocycles. The van der Waals surface area contributed by atoms with E-state index in [-0.39, 0.29) is 24.2 Å². The third kappa shape index (κ3) is 2.57. The van der Waals surface area contributed by atoms with Gasteiger partial charge in [-0.3, -0.25) is 0 Å². The van der Waals surface area contributed by atoms with Crippen molar-refractivity contribution in [3.05, 3.63) is 59.7 Å². The summed E-state index contributed by atoms with van der Waals surface area (Å²) < 4.78 is 26.5. The van der Waals surface area contributed by atoms with Gasteiger partial charge in [-0.2, -0.15) is 0 Å². The monoisotopic (exact) mass is 248 g/mol. The Morgan fingerprint density at radius 3 is 2.22 bits per heavy atom. The molecule has 0 heterocycles. The second kappa shape index (κ2) is 5.27. The predicted octanol–water partition coefficient (Wildman–Crippen LogP) is 3.73. The lowest BCUT2D eigenvalue weighted by Gasteiger charge is -2.12. The molecule has 18 heavy (non-hydrogen) atoms. The van der Waals surface area contributed by atoms with E-state index in [0.717, 1.165) is 11.1 Å². The zero-order valence-electron chi connectivity index (χ0n) is 10.0. The summed E-state index contributed by atoms with van der Waals surface area (Å²) in [5.74, 6) is -0.891. The Morgan fingerprint density at radius 1 is 1.00 bits per heavy atom. The number of aliphatic hydroxyl groups excluding tert-OH is 1. The first-order chi connectivity index (χ1) is 8.61. The van der Waals surface area contributed by atoms with Crippen LogP contribution in [-0.4, -0.2) is 11.7 Å². The maximum absolute atomic E-state index is 13.6. The zero-order chi connectivity index (χ0) is 13.1. The van der Waals surface area contributed by atoms with Gasteiger partial charge in [-0.25, -0.2) is 8.78 Å². The highest BCUT2D eigenvalue weighted by atomic mass is 19.1. The van der Waals surface area contributed by atoms with Gasteiger partial charge in [0, 0.05) is 12.5 Å². The van der Waals surface area contributed by atoms with Gasteiger partial charge in [0.2, 0.25) is 0 Å². The van der Waals surface area contributed by atoms with Crippen molar-refractivity contribution in [1.82, 2.24) is 0 Å². The minimum Gasteiger partial charge on any atom is -0.396 e. The Labute approximate surface area is 105 Å². The highest BCUT2D eigenvalue weighted by molar-refractivity contribution is 5.64. The third-order valence-corrected chi connectivity index (χ3v) is 2.98. The average molecular weight is 248 g/mol. The van der Waals surface area contributed by atoms with Crippen molar-refractivity contribution in [3.8, 4) is 11.1 Å². The standard InChI is InChI=1S/C15H14F2O/c1-10(9-18)14-8-12(4-7-15(14)17)11-2-5-13(16)6-3-11/h2-8,10,18H,9H2,1H3. The zero-order valence-corrected chi connectivity index (χ0v) is 10.0. The summed E-state index contributed by atoms with van der Waals surface area (Å²) in [6, 6.07) is 10.8. The predicted molar refractivity (Wildman–Crippen MR) is 67.3 cm³/mol. The summed E-state index contributed by atoms with van der Waals surface area (Å²) in [6.45, 7) is 1.65. The highest BCUT2D eigenvalue weighted by Gasteiger charge is 2.11. The molecule has 0 aromatic heterocycles. The molecule has 3 heteroatoms. The Hall–Kier alpha value is -1.74. The molecule has 2 aromatic rings. The van der Waals surface area contributed by atoms with Crippen LogP contribution in [0.15, 0.2) is 42.5 Å². The molecule has 0 spiro atoms. The van der Waals surface area contributed by atoms with Gasteiger partial charge in [0.15, 0.2) is 0 Å². The van der Waals surface area contributed by atoms with Crippen molar-refractivity contribution in [3.63, 3.8) is 0 Å². The Bertz CT molecular complexity index is 535. The van der Waals surface area contributed by atoms with Crippen LogP contribution in [0.4, 0.5) is 8.78 Å². The smallest absolute Gasteiger partial charge is 0.126 e. The van der Waals surface area contributed by atoms with Crippen LogP contribution in [-0.2, 0) is 0 Å². The number of halogens is 2. The first-order valence-corrected chi connectivity index (χ1v) is 5.78. The Balaban J connectivity index is 2.43. The van der Waals surface area contributed by atoms with Gasteiger partial charge < -0.3 is 5.11 Å². The number of hydrogen-bond acceptors (Lipinski definition) is 1. The summed E-state index contributed by atoms with van der Waals surface area (Å²) in [4.78, 5) is 0. The maximum Gasteiger partial charge on any atom is 0.126 e. The van der Waals surface area contributed by atoms with Gasteiger partial charge >= 0.3 is 0 Å². The molecule has 0 aliphatic rings. The molecule has 1 atom stereocenters. The topological polar surface area (TPSA) is 20.2 Å². The van der Waals surface area contributed by atoms with Crippen LogP contribution in [0, 0.1) is 11.6 Å². The van der Waals surface area contributed by atoms with Gasteiger partial charge in [0.1, 0.15) is 11.6 Å². The van der Waals surface area contributed by atoms with E-state index in [1.54, 1.807) is 31.2 Å². The molecule has 1 nitrogen and oxygen atoms in total. The molecule has 0 fully saturated rings. The second-order valence-electron chi connectivity index (χ2n) is 4.33. The van der Waals surface area contributed by atoms with Crippen LogP contribution in [0.3, 0.4) is 0 Å². The Kier molecular flexibility index (Phi) is 3.72. The molecule has 0 aliphatic heterocycles. The van der Waals surface area contributed by atoms with Crippen LogP contribution < -0.4 is 0 Å². The molecule has 0 amide bonds. The van der Waals surface area contributed by atoms with Crippen molar-refractivity contribution in [2.45, 2.75) is 12.8 Å². The molecule has 1 N–H and O–H groups in total. The lowest BCUT2D eigenvalue weighted by Crippen LogP contribution is -2.02. The van der Waals surface area contributed by atoms with E-state index in [4.69, 9.17) is 5.11 Å². The Morgan fingerprint density at radius 2 is 1.61 bits per heavy atom. The second-order valence-corrected chi connectivity index (χ2v) is 4.33. The molecular formula is C15H14F2O. The van der Waals surface area contributed by atoms with E-state index in [2.05, 4.69) is 0 Å². The average Bonchev–Trinajstić information content (AvgIpc) is 2.39. The van der Waals surface area contributed by atoms with Crippen molar-refractivity contribution >= 4 is 0 Å². The van der Waals surface area contributed by atoms with E-state index >= 15 is 0 Å². The molecular weight excluding hydrogens is 234 g/mol. The molecule has 94 valence electrons. The maximum atomic E-state index is 13.6. The summed E-state index contributed by atoms with van der Waals surface area (Å²) in [5, 5.41) is 9.09. The minimum atomic E-state index is -0.331. The van der Waals surface area contributed by atoms with Crippen molar-refractivity contribution in [2.75, 3.05) is 6.61 Å². The molecule has 0 bridgehead atoms.